The highest BCUT2D eigenvalue weighted by atomic mass is 79.9. The van der Waals surface area contributed by atoms with Crippen LogP contribution in [-0.4, -0.2) is 24.0 Å². The lowest BCUT2D eigenvalue weighted by atomic mass is 10.1. The molecule has 1 aliphatic rings. The summed E-state index contributed by atoms with van der Waals surface area (Å²) in [6.07, 6.45) is 8.46. The Labute approximate surface area is 93.7 Å². The molecule has 2 heteroatoms. The van der Waals surface area contributed by atoms with Crippen LogP contribution in [0.15, 0.2) is 0 Å². The lowest BCUT2D eigenvalue weighted by Gasteiger charge is -2.23. The minimum absolute atomic E-state index is 0. The minimum atomic E-state index is 0. The summed E-state index contributed by atoms with van der Waals surface area (Å²) in [5.74, 6) is 0. The van der Waals surface area contributed by atoms with E-state index in [0.717, 1.165) is 6.04 Å². The summed E-state index contributed by atoms with van der Waals surface area (Å²) < 4.78 is 0. The number of likely N-dealkylation sites (tertiary alicyclic amines) is 1. The Morgan fingerprint density at radius 3 is 2.31 bits per heavy atom. The monoisotopic (exact) mass is 249 g/mol. The highest BCUT2D eigenvalue weighted by Crippen LogP contribution is 2.15. The summed E-state index contributed by atoms with van der Waals surface area (Å²) in [6, 6.07) is 0.846. The number of nitrogens with zero attached hydrogens (tertiary/aromatic N) is 1. The predicted octanol–water partition coefficient (Wildman–Crippen LogP) is 3.63. The topological polar surface area (TPSA) is 3.24 Å². The molecule has 1 saturated heterocycles. The lowest BCUT2D eigenvalue weighted by Crippen LogP contribution is -2.29. The summed E-state index contributed by atoms with van der Waals surface area (Å²) in [4.78, 5) is 2.65. The molecule has 0 saturated carbocycles. The predicted molar refractivity (Wildman–Crippen MR) is 64.7 cm³/mol. The van der Waals surface area contributed by atoms with Gasteiger partial charge in [-0.05, 0) is 39.3 Å². The highest BCUT2D eigenvalue weighted by molar-refractivity contribution is 8.93. The van der Waals surface area contributed by atoms with Crippen LogP contribution in [0.25, 0.3) is 0 Å². The van der Waals surface area contributed by atoms with E-state index in [4.69, 9.17) is 0 Å². The highest BCUT2D eigenvalue weighted by Gasteiger charge is 2.16. The van der Waals surface area contributed by atoms with Crippen LogP contribution in [0.3, 0.4) is 0 Å². The second-order valence-electron chi connectivity index (χ2n) is 4.09. The minimum Gasteiger partial charge on any atom is -0.301 e. The van der Waals surface area contributed by atoms with Gasteiger partial charge >= 0.3 is 0 Å². The first-order chi connectivity index (χ1) is 5.84. The van der Waals surface area contributed by atoms with Crippen LogP contribution in [-0.2, 0) is 0 Å². The van der Waals surface area contributed by atoms with Gasteiger partial charge in [-0.25, -0.2) is 0 Å². The van der Waals surface area contributed by atoms with Crippen LogP contribution in [0.2, 0.25) is 0 Å². The van der Waals surface area contributed by atoms with Crippen molar-refractivity contribution in [2.24, 2.45) is 0 Å². The Bertz CT molecular complexity index is 111. The molecule has 1 heterocycles. The Kier molecular flexibility index (Phi) is 8.07. The van der Waals surface area contributed by atoms with Gasteiger partial charge in [0.1, 0.15) is 0 Å². The van der Waals surface area contributed by atoms with Gasteiger partial charge in [0.15, 0.2) is 0 Å². The molecule has 1 fully saturated rings. The van der Waals surface area contributed by atoms with Crippen molar-refractivity contribution in [2.45, 2.75) is 58.4 Å². The van der Waals surface area contributed by atoms with Gasteiger partial charge in [0.05, 0.1) is 0 Å². The number of hydrogen-bond acceptors (Lipinski definition) is 1. The van der Waals surface area contributed by atoms with Crippen LogP contribution in [0.5, 0.6) is 0 Å². The first kappa shape index (κ1) is 13.4. The molecular weight excluding hydrogens is 226 g/mol. The molecule has 0 N–H and O–H groups in total. The molecule has 0 aromatic heterocycles. The summed E-state index contributed by atoms with van der Waals surface area (Å²) in [5.41, 5.74) is 0. The summed E-state index contributed by atoms with van der Waals surface area (Å²) in [6.45, 7) is 7.38. The van der Waals surface area contributed by atoms with Crippen molar-refractivity contribution < 1.29 is 0 Å². The molecule has 0 aliphatic carbocycles. The van der Waals surface area contributed by atoms with E-state index in [-0.39, 0.29) is 17.0 Å². The van der Waals surface area contributed by atoms with Gasteiger partial charge in [-0.3, -0.25) is 0 Å². The molecule has 1 unspecified atom stereocenters. The largest absolute Gasteiger partial charge is 0.301 e. The van der Waals surface area contributed by atoms with Crippen molar-refractivity contribution in [3.05, 3.63) is 0 Å². The smallest absolute Gasteiger partial charge is 0.00669 e. The van der Waals surface area contributed by atoms with Crippen LogP contribution >= 0.6 is 17.0 Å². The molecule has 1 atom stereocenters. The van der Waals surface area contributed by atoms with Crippen molar-refractivity contribution in [3.63, 3.8) is 0 Å². The maximum Gasteiger partial charge on any atom is 0.00669 e. The van der Waals surface area contributed by atoms with Crippen LogP contribution in [0.4, 0.5) is 0 Å². The number of hydrogen-bond donors (Lipinski definition) is 0. The van der Waals surface area contributed by atoms with Crippen LogP contribution in [0, 0.1) is 0 Å². The standard InChI is InChI=1S/C11H23N.BrH/c1-3-4-5-8-11(2)12-9-6-7-10-12;/h11H,3-10H2,1-2H3;1H. The van der Waals surface area contributed by atoms with Gasteiger partial charge in [-0.15, -0.1) is 17.0 Å². The zero-order valence-electron chi connectivity index (χ0n) is 9.09. The van der Waals surface area contributed by atoms with Crippen molar-refractivity contribution in [1.29, 1.82) is 0 Å². The first-order valence-corrected chi connectivity index (χ1v) is 5.58. The zero-order chi connectivity index (χ0) is 8.81. The first-order valence-electron chi connectivity index (χ1n) is 5.58. The molecule has 1 rings (SSSR count). The van der Waals surface area contributed by atoms with Gasteiger partial charge in [0.2, 0.25) is 0 Å². The number of rotatable bonds is 5. The Hall–Kier alpha value is 0.440. The second kappa shape index (κ2) is 7.81. The number of halogens is 1. The molecule has 0 spiro atoms. The van der Waals surface area contributed by atoms with Gasteiger partial charge in [0.25, 0.3) is 0 Å². The van der Waals surface area contributed by atoms with Gasteiger partial charge in [-0.2, -0.15) is 0 Å². The molecule has 0 radical (unpaired) electrons. The molecule has 13 heavy (non-hydrogen) atoms. The van der Waals surface area contributed by atoms with Crippen LogP contribution in [0.1, 0.15) is 52.4 Å². The van der Waals surface area contributed by atoms with E-state index in [1.54, 1.807) is 0 Å². The Morgan fingerprint density at radius 1 is 1.15 bits per heavy atom. The van der Waals surface area contributed by atoms with E-state index >= 15 is 0 Å². The Balaban J connectivity index is 0.00000144. The third-order valence-corrected chi connectivity index (χ3v) is 2.99. The van der Waals surface area contributed by atoms with E-state index in [1.165, 1.54) is 51.6 Å². The van der Waals surface area contributed by atoms with E-state index in [1.807, 2.05) is 0 Å². The van der Waals surface area contributed by atoms with E-state index in [0.29, 0.717) is 0 Å². The molecule has 0 amide bonds. The fourth-order valence-electron chi connectivity index (χ4n) is 2.05. The Morgan fingerprint density at radius 2 is 1.77 bits per heavy atom. The maximum absolute atomic E-state index is 2.65. The quantitative estimate of drug-likeness (QED) is 0.673. The average Bonchev–Trinajstić information content (AvgIpc) is 2.56. The lowest BCUT2D eigenvalue weighted by molar-refractivity contribution is 0.242. The molecule has 1 nitrogen and oxygen atoms in total. The van der Waals surface area contributed by atoms with Crippen molar-refractivity contribution in [1.82, 2.24) is 4.90 Å². The molecular formula is C11H24BrN. The van der Waals surface area contributed by atoms with Gasteiger partial charge in [0, 0.05) is 6.04 Å². The third kappa shape index (κ3) is 5.02. The maximum atomic E-state index is 2.65. The van der Waals surface area contributed by atoms with Crippen molar-refractivity contribution in [3.8, 4) is 0 Å². The van der Waals surface area contributed by atoms with Crippen LogP contribution < -0.4 is 0 Å². The normalized spacial score (nSPS) is 19.8. The molecule has 80 valence electrons. The van der Waals surface area contributed by atoms with Crippen molar-refractivity contribution in [2.75, 3.05) is 13.1 Å². The van der Waals surface area contributed by atoms with Gasteiger partial charge in [-0.1, -0.05) is 26.2 Å². The molecule has 0 aromatic rings. The fraction of sp³-hybridized carbons (Fsp3) is 1.00. The van der Waals surface area contributed by atoms with E-state index in [9.17, 15) is 0 Å². The van der Waals surface area contributed by atoms with Crippen molar-refractivity contribution >= 4 is 17.0 Å². The molecule has 1 aliphatic heterocycles. The summed E-state index contributed by atoms with van der Waals surface area (Å²) in [7, 11) is 0. The summed E-state index contributed by atoms with van der Waals surface area (Å²) in [5, 5.41) is 0. The van der Waals surface area contributed by atoms with E-state index in [2.05, 4.69) is 18.7 Å². The van der Waals surface area contributed by atoms with Gasteiger partial charge < -0.3 is 4.90 Å². The zero-order valence-corrected chi connectivity index (χ0v) is 10.8. The molecule has 0 aromatic carbocycles. The molecule has 0 bridgehead atoms. The average molecular weight is 250 g/mol. The summed E-state index contributed by atoms with van der Waals surface area (Å²) >= 11 is 0. The number of unbranched alkanes of at least 4 members (excludes halogenated alkanes) is 2. The SMILES string of the molecule is Br.CCCCCC(C)N1CCCC1. The third-order valence-electron chi connectivity index (χ3n) is 2.99. The fourth-order valence-corrected chi connectivity index (χ4v) is 2.05. The second-order valence-corrected chi connectivity index (χ2v) is 4.09. The van der Waals surface area contributed by atoms with E-state index < -0.39 is 0 Å².